The molecule has 1 fully saturated rings. The molecule has 2 N–H and O–H groups in total. The number of benzene rings is 2. The molecular weight excluding hydrogens is 434 g/mol. The molecule has 1 saturated heterocycles. The minimum atomic E-state index is -0.210. The summed E-state index contributed by atoms with van der Waals surface area (Å²) in [7, 11) is 3.75. The van der Waals surface area contributed by atoms with Crippen LogP contribution in [0.3, 0.4) is 0 Å². The van der Waals surface area contributed by atoms with E-state index >= 15 is 0 Å². The highest BCUT2D eigenvalue weighted by molar-refractivity contribution is 6.01. The molecule has 0 atom stereocenters. The molecule has 9 heteroatoms. The van der Waals surface area contributed by atoms with Gasteiger partial charge in [0.25, 0.3) is 5.91 Å². The molecule has 180 valence electrons. The molecule has 2 aliphatic heterocycles. The van der Waals surface area contributed by atoms with Crippen LogP contribution >= 0.6 is 0 Å². The number of H-pyrrole nitrogens is 1. The van der Waals surface area contributed by atoms with Gasteiger partial charge in [-0.15, -0.1) is 0 Å². The standard InChI is InChI=1S/C25H31N5O4/c1-28-5-7-29(8-6-28)9-10-34-19-4-3-17-14-30(15-18(17)11-19)25(32)21-12-20-22(13-24(21)31)26-27-23(20)16-33-2/h3-4,11-13,31H,5-10,14-16H2,1-2H3,(H,26,27). The van der Waals surface area contributed by atoms with Crippen LogP contribution in [0.5, 0.6) is 11.5 Å². The molecule has 0 radical (unpaired) electrons. The molecule has 3 heterocycles. The normalized spacial score (nSPS) is 16.8. The second-order valence-electron chi connectivity index (χ2n) is 9.10. The van der Waals surface area contributed by atoms with Gasteiger partial charge in [0.1, 0.15) is 18.1 Å². The Balaban J connectivity index is 1.24. The van der Waals surface area contributed by atoms with Crippen molar-refractivity contribution in [2.75, 3.05) is 53.5 Å². The number of hydrogen-bond donors (Lipinski definition) is 2. The van der Waals surface area contributed by atoms with E-state index < -0.39 is 0 Å². The fourth-order valence-corrected chi connectivity index (χ4v) is 4.66. The summed E-state index contributed by atoms with van der Waals surface area (Å²) in [5.41, 5.74) is 3.82. The first-order valence-electron chi connectivity index (χ1n) is 11.7. The van der Waals surface area contributed by atoms with Gasteiger partial charge in [-0.3, -0.25) is 14.8 Å². The number of ether oxygens (including phenoxy) is 2. The van der Waals surface area contributed by atoms with Gasteiger partial charge in [-0.1, -0.05) is 6.07 Å². The molecule has 0 spiro atoms. The summed E-state index contributed by atoms with van der Waals surface area (Å²) in [5, 5.41) is 18.4. The van der Waals surface area contributed by atoms with Crippen LogP contribution in [-0.4, -0.2) is 89.4 Å². The van der Waals surface area contributed by atoms with Crippen molar-refractivity contribution in [1.82, 2.24) is 24.9 Å². The largest absolute Gasteiger partial charge is 0.507 e. The Morgan fingerprint density at radius 3 is 2.71 bits per heavy atom. The molecule has 2 aromatic carbocycles. The highest BCUT2D eigenvalue weighted by Gasteiger charge is 2.27. The van der Waals surface area contributed by atoms with E-state index in [9.17, 15) is 9.90 Å². The molecule has 0 aliphatic carbocycles. The SMILES string of the molecule is COCc1n[nH]c2cc(O)c(C(=O)N3Cc4ccc(OCCN5CCN(C)CC5)cc4C3)cc12. The van der Waals surface area contributed by atoms with Crippen molar-refractivity contribution < 1.29 is 19.4 Å². The number of phenols is 1. The number of piperazine rings is 1. The number of aromatic nitrogens is 2. The van der Waals surface area contributed by atoms with Crippen molar-refractivity contribution in [1.29, 1.82) is 0 Å². The molecule has 1 amide bonds. The highest BCUT2D eigenvalue weighted by Crippen LogP contribution is 2.32. The molecule has 2 aliphatic rings. The summed E-state index contributed by atoms with van der Waals surface area (Å²) in [6.07, 6.45) is 0. The maximum Gasteiger partial charge on any atom is 0.258 e. The first-order valence-corrected chi connectivity index (χ1v) is 11.7. The number of aromatic hydroxyl groups is 1. The number of nitrogens with one attached hydrogen (secondary N) is 1. The summed E-state index contributed by atoms with van der Waals surface area (Å²) in [4.78, 5) is 19.8. The predicted octanol–water partition coefficient (Wildman–Crippen LogP) is 2.20. The first-order chi connectivity index (χ1) is 16.5. The monoisotopic (exact) mass is 465 g/mol. The summed E-state index contributed by atoms with van der Waals surface area (Å²) in [5.74, 6) is 0.556. The van der Waals surface area contributed by atoms with Gasteiger partial charge in [0.15, 0.2) is 0 Å². The van der Waals surface area contributed by atoms with Gasteiger partial charge in [-0.2, -0.15) is 5.10 Å². The van der Waals surface area contributed by atoms with E-state index in [0.29, 0.717) is 37.5 Å². The third-order valence-electron chi connectivity index (χ3n) is 6.73. The first kappa shape index (κ1) is 22.6. The minimum absolute atomic E-state index is 0.0611. The number of fused-ring (bicyclic) bond motifs is 2. The van der Waals surface area contributed by atoms with E-state index in [1.807, 2.05) is 18.2 Å². The number of amides is 1. The van der Waals surface area contributed by atoms with Crippen molar-refractivity contribution >= 4 is 16.8 Å². The number of aromatic amines is 1. The van der Waals surface area contributed by atoms with Gasteiger partial charge in [0.05, 0.1) is 23.4 Å². The molecule has 3 aromatic rings. The minimum Gasteiger partial charge on any atom is -0.507 e. The van der Waals surface area contributed by atoms with Crippen LogP contribution in [0.15, 0.2) is 30.3 Å². The van der Waals surface area contributed by atoms with E-state index in [1.54, 1.807) is 24.1 Å². The van der Waals surface area contributed by atoms with Crippen LogP contribution < -0.4 is 4.74 Å². The molecule has 5 rings (SSSR count). The fraction of sp³-hybridized carbons (Fsp3) is 0.440. The third kappa shape index (κ3) is 4.59. The Hall–Kier alpha value is -3.14. The molecule has 34 heavy (non-hydrogen) atoms. The predicted molar refractivity (Wildman–Crippen MR) is 128 cm³/mol. The second kappa shape index (κ2) is 9.61. The highest BCUT2D eigenvalue weighted by atomic mass is 16.5. The van der Waals surface area contributed by atoms with Gasteiger partial charge in [0, 0.05) is 64.4 Å². The van der Waals surface area contributed by atoms with E-state index in [1.165, 1.54) is 0 Å². The van der Waals surface area contributed by atoms with Crippen molar-refractivity contribution in [3.05, 3.63) is 52.7 Å². The van der Waals surface area contributed by atoms with Crippen molar-refractivity contribution in [3.63, 3.8) is 0 Å². The quantitative estimate of drug-likeness (QED) is 0.552. The van der Waals surface area contributed by atoms with E-state index in [-0.39, 0.29) is 17.2 Å². The number of phenolic OH excluding ortho intramolecular Hbond substituents is 1. The summed E-state index contributed by atoms with van der Waals surface area (Å²) in [6.45, 7) is 7.21. The maximum absolute atomic E-state index is 13.3. The Morgan fingerprint density at radius 1 is 1.12 bits per heavy atom. The van der Waals surface area contributed by atoms with Crippen molar-refractivity contribution in [2.45, 2.75) is 19.7 Å². The van der Waals surface area contributed by atoms with Crippen LogP contribution in [0.1, 0.15) is 27.2 Å². The Morgan fingerprint density at radius 2 is 1.91 bits per heavy atom. The fourth-order valence-electron chi connectivity index (χ4n) is 4.66. The van der Waals surface area contributed by atoms with Crippen LogP contribution in [0, 0.1) is 0 Å². The zero-order chi connectivity index (χ0) is 23.7. The van der Waals surface area contributed by atoms with Gasteiger partial charge >= 0.3 is 0 Å². The maximum atomic E-state index is 13.3. The number of carbonyl (C=O) groups is 1. The second-order valence-corrected chi connectivity index (χ2v) is 9.10. The number of hydrogen-bond acceptors (Lipinski definition) is 7. The van der Waals surface area contributed by atoms with Gasteiger partial charge < -0.3 is 24.4 Å². The molecular formula is C25H31N5O4. The van der Waals surface area contributed by atoms with Gasteiger partial charge in [-0.05, 0) is 36.4 Å². The lowest BCUT2D eigenvalue weighted by atomic mass is 10.1. The number of nitrogens with zero attached hydrogens (tertiary/aromatic N) is 4. The van der Waals surface area contributed by atoms with E-state index in [4.69, 9.17) is 9.47 Å². The lowest BCUT2D eigenvalue weighted by Crippen LogP contribution is -2.45. The molecule has 0 saturated carbocycles. The summed E-state index contributed by atoms with van der Waals surface area (Å²) >= 11 is 0. The zero-order valence-electron chi connectivity index (χ0n) is 19.7. The average Bonchev–Trinajstić information content (AvgIpc) is 3.43. The molecule has 9 nitrogen and oxygen atoms in total. The number of carbonyl (C=O) groups excluding carboxylic acids is 1. The summed E-state index contributed by atoms with van der Waals surface area (Å²) in [6, 6.07) is 9.28. The van der Waals surface area contributed by atoms with Crippen LogP contribution in [0.2, 0.25) is 0 Å². The smallest absolute Gasteiger partial charge is 0.258 e. The average molecular weight is 466 g/mol. The lowest BCUT2D eigenvalue weighted by molar-refractivity contribution is 0.0748. The number of likely N-dealkylation sites (N-methyl/N-ethyl adjacent to an activating group) is 1. The zero-order valence-corrected chi connectivity index (χ0v) is 19.7. The molecule has 0 bridgehead atoms. The van der Waals surface area contributed by atoms with Crippen LogP contribution in [0.25, 0.3) is 10.9 Å². The third-order valence-corrected chi connectivity index (χ3v) is 6.73. The van der Waals surface area contributed by atoms with Gasteiger partial charge in [0.2, 0.25) is 0 Å². The topological polar surface area (TPSA) is 94.2 Å². The molecule has 1 aromatic heterocycles. The van der Waals surface area contributed by atoms with E-state index in [0.717, 1.165) is 55.0 Å². The van der Waals surface area contributed by atoms with E-state index in [2.05, 4.69) is 27.0 Å². The summed E-state index contributed by atoms with van der Waals surface area (Å²) < 4.78 is 11.2. The Kier molecular flexibility index (Phi) is 6.40. The number of methoxy groups -OCH3 is 1. The molecule has 0 unspecified atom stereocenters. The van der Waals surface area contributed by atoms with Gasteiger partial charge in [-0.25, -0.2) is 0 Å². The number of rotatable bonds is 7. The van der Waals surface area contributed by atoms with Crippen LogP contribution in [0.4, 0.5) is 0 Å². The van der Waals surface area contributed by atoms with Crippen molar-refractivity contribution in [3.8, 4) is 11.5 Å². The van der Waals surface area contributed by atoms with Crippen molar-refractivity contribution in [2.24, 2.45) is 0 Å². The Labute approximate surface area is 198 Å². The Bertz CT molecular complexity index is 1190. The van der Waals surface area contributed by atoms with Crippen LogP contribution in [-0.2, 0) is 24.4 Å². The lowest BCUT2D eigenvalue weighted by Gasteiger charge is -2.32.